The van der Waals surface area contributed by atoms with Gasteiger partial charge in [-0.2, -0.15) is 5.26 Å². The maximum atomic E-state index is 13.2. The molecule has 0 fully saturated rings. The monoisotopic (exact) mass is 409 g/mol. The van der Waals surface area contributed by atoms with Crippen molar-refractivity contribution in [1.82, 2.24) is 15.0 Å². The number of halogens is 1. The number of nitriles is 1. The van der Waals surface area contributed by atoms with Crippen molar-refractivity contribution in [2.45, 2.75) is 20.3 Å². The lowest BCUT2D eigenvalue weighted by Crippen LogP contribution is -2.32. The third kappa shape index (κ3) is 4.55. The second-order valence-electron chi connectivity index (χ2n) is 6.21. The van der Waals surface area contributed by atoms with Gasteiger partial charge >= 0.3 is 0 Å². The Labute approximate surface area is 174 Å². The van der Waals surface area contributed by atoms with Crippen LogP contribution in [0, 0.1) is 18.3 Å². The van der Waals surface area contributed by atoms with Gasteiger partial charge in [0.25, 0.3) is 5.91 Å². The predicted molar refractivity (Wildman–Crippen MR) is 111 cm³/mol. The number of hydrogen-bond acceptors (Lipinski definition) is 5. The van der Waals surface area contributed by atoms with Crippen LogP contribution in [0.15, 0.2) is 48.5 Å². The van der Waals surface area contributed by atoms with E-state index in [2.05, 4.69) is 16.4 Å². The second kappa shape index (κ2) is 9.22. The highest BCUT2D eigenvalue weighted by Crippen LogP contribution is 2.23. The molecule has 1 amide bonds. The molecule has 3 rings (SSSR count). The van der Waals surface area contributed by atoms with Gasteiger partial charge in [0.2, 0.25) is 0 Å². The quantitative estimate of drug-likeness (QED) is 0.584. The van der Waals surface area contributed by atoms with Crippen LogP contribution in [0.25, 0.3) is 5.69 Å². The molecule has 0 atom stereocenters. The zero-order valence-corrected chi connectivity index (χ0v) is 16.9. The van der Waals surface area contributed by atoms with Crippen LogP contribution in [-0.2, 0) is 0 Å². The summed E-state index contributed by atoms with van der Waals surface area (Å²) in [5, 5.41) is 17.8. The molecule has 0 bridgehead atoms. The summed E-state index contributed by atoms with van der Waals surface area (Å²) in [5.74, 6) is 0.391. The van der Waals surface area contributed by atoms with Crippen LogP contribution in [0.4, 0.5) is 5.69 Å². The molecule has 0 N–H and O–H groups in total. The number of amides is 1. The van der Waals surface area contributed by atoms with Gasteiger partial charge in [-0.1, -0.05) is 22.9 Å². The molecular formula is C21H20ClN5O2. The van der Waals surface area contributed by atoms with Crippen LogP contribution in [-0.4, -0.2) is 34.1 Å². The van der Waals surface area contributed by atoms with Gasteiger partial charge in [-0.15, -0.1) is 5.10 Å². The number of hydrogen-bond donors (Lipinski definition) is 0. The smallest absolute Gasteiger partial charge is 0.280 e. The third-order valence-corrected chi connectivity index (χ3v) is 4.54. The number of anilines is 1. The van der Waals surface area contributed by atoms with Gasteiger partial charge in [0.15, 0.2) is 5.69 Å². The summed E-state index contributed by atoms with van der Waals surface area (Å²) in [5.41, 5.74) is 2.18. The van der Waals surface area contributed by atoms with Gasteiger partial charge < -0.3 is 9.64 Å². The lowest BCUT2D eigenvalue weighted by Gasteiger charge is -2.21. The lowest BCUT2D eigenvalue weighted by atomic mass is 10.2. The topological polar surface area (TPSA) is 84.0 Å². The first-order valence-corrected chi connectivity index (χ1v) is 9.53. The maximum absolute atomic E-state index is 13.2. The van der Waals surface area contributed by atoms with Gasteiger partial charge in [0, 0.05) is 17.3 Å². The van der Waals surface area contributed by atoms with Crippen molar-refractivity contribution in [1.29, 1.82) is 5.26 Å². The summed E-state index contributed by atoms with van der Waals surface area (Å²) in [6.07, 6.45) is 0.195. The Hall–Kier alpha value is -3.37. The van der Waals surface area contributed by atoms with Crippen molar-refractivity contribution < 1.29 is 9.53 Å². The molecule has 0 unspecified atom stereocenters. The van der Waals surface area contributed by atoms with E-state index >= 15 is 0 Å². The Kier molecular flexibility index (Phi) is 6.47. The molecule has 0 saturated carbocycles. The molecule has 0 aliphatic carbocycles. The Balaban J connectivity index is 1.93. The van der Waals surface area contributed by atoms with E-state index in [9.17, 15) is 4.79 Å². The van der Waals surface area contributed by atoms with E-state index in [1.807, 2.05) is 13.0 Å². The summed E-state index contributed by atoms with van der Waals surface area (Å²) in [4.78, 5) is 14.8. The van der Waals surface area contributed by atoms with Crippen LogP contribution < -0.4 is 9.64 Å². The first-order chi connectivity index (χ1) is 14.0. The van der Waals surface area contributed by atoms with E-state index in [1.54, 1.807) is 54.1 Å². The highest BCUT2D eigenvalue weighted by Gasteiger charge is 2.24. The molecule has 7 nitrogen and oxygen atoms in total. The first-order valence-electron chi connectivity index (χ1n) is 9.15. The minimum absolute atomic E-state index is 0.195. The van der Waals surface area contributed by atoms with Gasteiger partial charge in [-0.05, 0) is 56.3 Å². The van der Waals surface area contributed by atoms with Gasteiger partial charge in [-0.25, -0.2) is 4.68 Å². The van der Waals surface area contributed by atoms with Crippen molar-refractivity contribution in [2.24, 2.45) is 0 Å². The fourth-order valence-corrected chi connectivity index (χ4v) is 3.09. The molecular weight excluding hydrogens is 390 g/mol. The fraction of sp³-hybridized carbons (Fsp3) is 0.238. The Morgan fingerprint density at radius 2 is 2.03 bits per heavy atom. The zero-order valence-electron chi connectivity index (χ0n) is 16.2. The van der Waals surface area contributed by atoms with Crippen molar-refractivity contribution in [3.8, 4) is 17.5 Å². The summed E-state index contributed by atoms with van der Waals surface area (Å²) in [6.45, 7) is 4.48. The molecule has 148 valence electrons. The lowest BCUT2D eigenvalue weighted by molar-refractivity contribution is 0.0982. The van der Waals surface area contributed by atoms with Crippen molar-refractivity contribution >= 4 is 23.2 Å². The SMILES string of the molecule is CCOc1ccc(N(CCC#N)C(=O)c2nnn(-c3cccc(Cl)c3)c2C)cc1. The van der Waals surface area contributed by atoms with Crippen LogP contribution in [0.5, 0.6) is 5.75 Å². The number of nitrogens with zero attached hydrogens (tertiary/aromatic N) is 5. The molecule has 29 heavy (non-hydrogen) atoms. The van der Waals surface area contributed by atoms with Gasteiger partial charge in [0.1, 0.15) is 5.75 Å². The molecule has 3 aromatic rings. The van der Waals surface area contributed by atoms with Crippen LogP contribution in [0.2, 0.25) is 5.02 Å². The average Bonchev–Trinajstić information content (AvgIpc) is 3.11. The van der Waals surface area contributed by atoms with Gasteiger partial charge in [-0.3, -0.25) is 4.79 Å². The van der Waals surface area contributed by atoms with E-state index in [0.29, 0.717) is 34.4 Å². The van der Waals surface area contributed by atoms with E-state index in [4.69, 9.17) is 21.6 Å². The molecule has 0 radical (unpaired) electrons. The Bertz CT molecular complexity index is 1040. The molecule has 0 saturated heterocycles. The van der Waals surface area contributed by atoms with Crippen molar-refractivity contribution in [3.05, 3.63) is 64.9 Å². The van der Waals surface area contributed by atoms with Crippen LogP contribution in [0.3, 0.4) is 0 Å². The minimum atomic E-state index is -0.324. The molecule has 2 aromatic carbocycles. The molecule has 0 aliphatic rings. The van der Waals surface area contributed by atoms with Gasteiger partial charge in [0.05, 0.1) is 30.5 Å². The van der Waals surface area contributed by atoms with Crippen LogP contribution in [0.1, 0.15) is 29.5 Å². The maximum Gasteiger partial charge on any atom is 0.280 e. The summed E-state index contributed by atoms with van der Waals surface area (Å²) >= 11 is 6.06. The number of benzene rings is 2. The Morgan fingerprint density at radius 1 is 1.28 bits per heavy atom. The Morgan fingerprint density at radius 3 is 2.69 bits per heavy atom. The van der Waals surface area contributed by atoms with E-state index in [0.717, 1.165) is 0 Å². The second-order valence-corrected chi connectivity index (χ2v) is 6.64. The molecule has 8 heteroatoms. The number of ether oxygens (including phenoxy) is 1. The highest BCUT2D eigenvalue weighted by molar-refractivity contribution is 6.30. The van der Waals surface area contributed by atoms with Crippen LogP contribution >= 0.6 is 11.6 Å². The number of aromatic nitrogens is 3. The zero-order chi connectivity index (χ0) is 20.8. The fourth-order valence-electron chi connectivity index (χ4n) is 2.91. The molecule has 0 spiro atoms. The van der Waals surface area contributed by atoms with E-state index < -0.39 is 0 Å². The van der Waals surface area contributed by atoms with Crippen molar-refractivity contribution in [3.63, 3.8) is 0 Å². The van der Waals surface area contributed by atoms with E-state index in [1.165, 1.54) is 4.90 Å². The minimum Gasteiger partial charge on any atom is -0.494 e. The number of carbonyl (C=O) groups excluding carboxylic acids is 1. The standard InChI is InChI=1S/C21H20ClN5O2/c1-3-29-19-10-8-17(9-11-19)26(13-5-12-23)21(28)20-15(2)27(25-24-20)18-7-4-6-16(22)14-18/h4,6-11,14H,3,5,13H2,1-2H3. The summed E-state index contributed by atoms with van der Waals surface area (Å²) in [6, 6.07) is 16.4. The number of carbonyl (C=O) groups is 1. The van der Waals surface area contributed by atoms with Crippen molar-refractivity contribution in [2.75, 3.05) is 18.1 Å². The first kappa shape index (κ1) is 20.4. The number of rotatable bonds is 7. The molecule has 0 aliphatic heterocycles. The predicted octanol–water partition coefficient (Wildman–Crippen LogP) is 4.19. The summed E-state index contributed by atoms with van der Waals surface area (Å²) < 4.78 is 7.02. The normalized spacial score (nSPS) is 10.4. The highest BCUT2D eigenvalue weighted by atomic mass is 35.5. The molecule has 1 aromatic heterocycles. The summed E-state index contributed by atoms with van der Waals surface area (Å²) in [7, 11) is 0. The largest absolute Gasteiger partial charge is 0.494 e. The molecule has 1 heterocycles. The van der Waals surface area contributed by atoms with E-state index in [-0.39, 0.29) is 24.6 Å². The average molecular weight is 410 g/mol. The third-order valence-electron chi connectivity index (χ3n) is 4.30.